The summed E-state index contributed by atoms with van der Waals surface area (Å²) in [5.74, 6) is -2.25. The molecule has 5 nitrogen and oxygen atoms in total. The molecule has 0 saturated heterocycles. The van der Waals surface area contributed by atoms with Crippen LogP contribution in [0, 0.1) is 5.92 Å². The van der Waals surface area contributed by atoms with Crippen LogP contribution in [0.4, 0.5) is 0 Å². The average molecular weight is 340 g/mol. The van der Waals surface area contributed by atoms with Gasteiger partial charge in [0.05, 0.1) is 19.3 Å². The van der Waals surface area contributed by atoms with Crippen molar-refractivity contribution in [2.75, 3.05) is 13.7 Å². The lowest BCUT2D eigenvalue weighted by molar-refractivity contribution is -0.146. The van der Waals surface area contributed by atoms with Gasteiger partial charge in [0.15, 0.2) is 11.6 Å². The topological polar surface area (TPSA) is 69.7 Å². The third-order valence-electron chi connectivity index (χ3n) is 3.74. The Labute approximate surface area is 146 Å². The molecule has 0 aliphatic carbocycles. The minimum absolute atomic E-state index is 0.139. The fraction of sp³-hybridized carbons (Fsp3) is 0.250. The lowest BCUT2D eigenvalue weighted by Gasteiger charge is -2.15. The smallest absolute Gasteiger partial charge is 0.317 e. The second kappa shape index (κ2) is 8.78. The summed E-state index contributed by atoms with van der Waals surface area (Å²) in [5, 5.41) is 0. The summed E-state index contributed by atoms with van der Waals surface area (Å²) in [5.41, 5.74) is 0.702. The molecule has 0 aromatic heterocycles. The highest BCUT2D eigenvalue weighted by molar-refractivity contribution is 6.12. The average Bonchev–Trinajstić information content (AvgIpc) is 2.66. The van der Waals surface area contributed by atoms with Gasteiger partial charge in [-0.1, -0.05) is 42.5 Å². The largest absolute Gasteiger partial charge is 0.496 e. The molecular formula is C20H20O5. The molecule has 0 N–H and O–H groups in total. The van der Waals surface area contributed by atoms with Crippen LogP contribution in [0.2, 0.25) is 0 Å². The highest BCUT2D eigenvalue weighted by Crippen LogP contribution is 2.23. The minimum atomic E-state index is -1.18. The summed E-state index contributed by atoms with van der Waals surface area (Å²) in [6, 6.07) is 15.1. The SMILES string of the molecule is CCOC(=O)C(CC(=O)c1ccccc1OC)C(=O)c1ccccc1. The summed E-state index contributed by atoms with van der Waals surface area (Å²) >= 11 is 0. The number of ketones is 2. The highest BCUT2D eigenvalue weighted by atomic mass is 16.5. The molecule has 1 atom stereocenters. The Morgan fingerprint density at radius 3 is 2.24 bits per heavy atom. The maximum Gasteiger partial charge on any atom is 0.317 e. The van der Waals surface area contributed by atoms with Crippen LogP contribution in [0.3, 0.4) is 0 Å². The lowest BCUT2D eigenvalue weighted by atomic mass is 9.90. The Kier molecular flexibility index (Phi) is 6.46. The number of hydrogen-bond donors (Lipinski definition) is 0. The van der Waals surface area contributed by atoms with Crippen LogP contribution in [-0.2, 0) is 9.53 Å². The van der Waals surface area contributed by atoms with E-state index < -0.39 is 17.7 Å². The fourth-order valence-electron chi connectivity index (χ4n) is 2.50. The molecule has 2 aromatic carbocycles. The first-order valence-electron chi connectivity index (χ1n) is 8.00. The van der Waals surface area contributed by atoms with Gasteiger partial charge in [-0.05, 0) is 19.1 Å². The van der Waals surface area contributed by atoms with Crippen molar-refractivity contribution < 1.29 is 23.9 Å². The summed E-state index contributed by atoms with van der Waals surface area (Å²) in [6.45, 7) is 1.80. The molecule has 0 bridgehead atoms. The van der Waals surface area contributed by atoms with Gasteiger partial charge < -0.3 is 9.47 Å². The molecule has 130 valence electrons. The molecule has 0 spiro atoms. The van der Waals surface area contributed by atoms with Gasteiger partial charge in [0, 0.05) is 12.0 Å². The standard InChI is InChI=1S/C20H20O5/c1-3-25-20(23)16(19(22)14-9-5-4-6-10-14)13-17(21)15-11-7-8-12-18(15)24-2/h4-12,16H,3,13H2,1-2H3. The molecule has 1 unspecified atom stereocenters. The van der Waals surface area contributed by atoms with Crippen LogP contribution in [-0.4, -0.2) is 31.3 Å². The number of rotatable bonds is 8. The van der Waals surface area contributed by atoms with Crippen molar-refractivity contribution in [1.82, 2.24) is 0 Å². The molecule has 0 aliphatic rings. The number of benzene rings is 2. The molecule has 0 heterocycles. The normalized spacial score (nSPS) is 11.4. The van der Waals surface area contributed by atoms with E-state index in [-0.39, 0.29) is 18.8 Å². The Balaban J connectivity index is 2.28. The zero-order valence-electron chi connectivity index (χ0n) is 14.2. The van der Waals surface area contributed by atoms with Crippen LogP contribution in [0.25, 0.3) is 0 Å². The van der Waals surface area contributed by atoms with Crippen LogP contribution >= 0.6 is 0 Å². The van der Waals surface area contributed by atoms with Crippen molar-refractivity contribution in [3.8, 4) is 5.75 Å². The van der Waals surface area contributed by atoms with Gasteiger partial charge in [-0.2, -0.15) is 0 Å². The number of Topliss-reactive ketones (excluding diaryl/α,β-unsaturated/α-hetero) is 2. The lowest BCUT2D eigenvalue weighted by Crippen LogP contribution is -2.29. The molecule has 0 amide bonds. The van der Waals surface area contributed by atoms with Gasteiger partial charge >= 0.3 is 5.97 Å². The van der Waals surface area contributed by atoms with Crippen LogP contribution in [0.5, 0.6) is 5.75 Å². The van der Waals surface area contributed by atoms with Crippen molar-refractivity contribution in [3.05, 3.63) is 65.7 Å². The molecule has 0 radical (unpaired) electrons. The van der Waals surface area contributed by atoms with Crippen molar-refractivity contribution >= 4 is 17.5 Å². The minimum Gasteiger partial charge on any atom is -0.496 e. The van der Waals surface area contributed by atoms with E-state index in [9.17, 15) is 14.4 Å². The van der Waals surface area contributed by atoms with Crippen molar-refractivity contribution in [2.24, 2.45) is 5.92 Å². The summed E-state index contributed by atoms with van der Waals surface area (Å²) in [4.78, 5) is 37.6. The molecule has 25 heavy (non-hydrogen) atoms. The first-order valence-corrected chi connectivity index (χ1v) is 8.00. The Hall–Kier alpha value is -2.95. The third kappa shape index (κ3) is 4.53. The molecule has 0 saturated carbocycles. The predicted molar refractivity (Wildman–Crippen MR) is 92.8 cm³/mol. The molecule has 0 fully saturated rings. The zero-order valence-corrected chi connectivity index (χ0v) is 14.2. The van der Waals surface area contributed by atoms with E-state index >= 15 is 0 Å². The predicted octanol–water partition coefficient (Wildman–Crippen LogP) is 3.33. The van der Waals surface area contributed by atoms with Crippen LogP contribution < -0.4 is 4.74 Å². The monoisotopic (exact) mass is 340 g/mol. The van der Waals surface area contributed by atoms with Gasteiger partial charge in [-0.15, -0.1) is 0 Å². The summed E-state index contributed by atoms with van der Waals surface area (Å²) < 4.78 is 10.2. The number of para-hydroxylation sites is 1. The van der Waals surface area contributed by atoms with Crippen molar-refractivity contribution in [2.45, 2.75) is 13.3 Å². The van der Waals surface area contributed by atoms with Crippen LogP contribution in [0.15, 0.2) is 54.6 Å². The Morgan fingerprint density at radius 2 is 1.60 bits per heavy atom. The van der Waals surface area contributed by atoms with E-state index in [1.807, 2.05) is 0 Å². The molecule has 0 aliphatic heterocycles. The maximum absolute atomic E-state index is 12.7. The fourth-order valence-corrected chi connectivity index (χ4v) is 2.50. The van der Waals surface area contributed by atoms with E-state index in [0.29, 0.717) is 16.9 Å². The summed E-state index contributed by atoms with van der Waals surface area (Å²) in [7, 11) is 1.46. The van der Waals surface area contributed by atoms with Crippen molar-refractivity contribution in [1.29, 1.82) is 0 Å². The van der Waals surface area contributed by atoms with Gasteiger partial charge in [-0.3, -0.25) is 14.4 Å². The molecule has 2 rings (SSSR count). The van der Waals surface area contributed by atoms with E-state index in [4.69, 9.17) is 9.47 Å². The maximum atomic E-state index is 12.7. The first kappa shape index (κ1) is 18.4. The second-order valence-corrected chi connectivity index (χ2v) is 5.36. The Morgan fingerprint density at radius 1 is 0.960 bits per heavy atom. The number of methoxy groups -OCH3 is 1. The molecule has 5 heteroatoms. The van der Waals surface area contributed by atoms with E-state index in [1.165, 1.54) is 7.11 Å². The van der Waals surface area contributed by atoms with Gasteiger partial charge in [0.1, 0.15) is 11.7 Å². The zero-order chi connectivity index (χ0) is 18.2. The molecule has 2 aromatic rings. The number of ether oxygens (including phenoxy) is 2. The van der Waals surface area contributed by atoms with E-state index in [0.717, 1.165) is 0 Å². The number of hydrogen-bond acceptors (Lipinski definition) is 5. The highest BCUT2D eigenvalue weighted by Gasteiger charge is 2.32. The molecular weight excluding hydrogens is 320 g/mol. The van der Waals surface area contributed by atoms with Gasteiger partial charge in [-0.25, -0.2) is 0 Å². The van der Waals surface area contributed by atoms with Gasteiger partial charge in [0.25, 0.3) is 0 Å². The van der Waals surface area contributed by atoms with Gasteiger partial charge in [0.2, 0.25) is 0 Å². The van der Waals surface area contributed by atoms with E-state index in [2.05, 4.69) is 0 Å². The number of esters is 1. The second-order valence-electron chi connectivity index (χ2n) is 5.36. The van der Waals surface area contributed by atoms with Crippen molar-refractivity contribution in [3.63, 3.8) is 0 Å². The number of carbonyl (C=O) groups is 3. The summed E-state index contributed by atoms with van der Waals surface area (Å²) in [6.07, 6.45) is -0.271. The Bertz CT molecular complexity index is 752. The van der Waals surface area contributed by atoms with E-state index in [1.54, 1.807) is 61.5 Å². The number of carbonyl (C=O) groups excluding carboxylic acids is 3. The quantitative estimate of drug-likeness (QED) is 0.419. The first-order chi connectivity index (χ1) is 12.1. The van der Waals surface area contributed by atoms with Crippen LogP contribution in [0.1, 0.15) is 34.1 Å². The third-order valence-corrected chi connectivity index (χ3v) is 3.74.